The molecule has 2 unspecified atom stereocenters. The molecule has 0 aliphatic carbocycles. The lowest BCUT2D eigenvalue weighted by atomic mass is 10.2. The number of carboxylic acids is 1. The molecule has 0 saturated carbocycles. The first-order valence-electron chi connectivity index (χ1n) is 7.98. The van der Waals surface area contributed by atoms with Crippen LogP contribution in [0, 0.1) is 0 Å². The molecular formula is C16H19ClF3N3O3. The summed E-state index contributed by atoms with van der Waals surface area (Å²) in [5.41, 5.74) is 0.687. The van der Waals surface area contributed by atoms with Gasteiger partial charge in [0.25, 0.3) is 0 Å². The van der Waals surface area contributed by atoms with E-state index < -0.39 is 12.1 Å². The van der Waals surface area contributed by atoms with Gasteiger partial charge in [-0.15, -0.1) is 0 Å². The fourth-order valence-corrected chi connectivity index (χ4v) is 3.16. The average Bonchev–Trinajstić information content (AvgIpc) is 2.88. The number of para-hydroxylation sites is 1. The molecular weight excluding hydrogens is 375 g/mol. The summed E-state index contributed by atoms with van der Waals surface area (Å²) in [4.78, 5) is 23.2. The molecule has 3 rings (SSSR count). The molecule has 2 aliphatic rings. The van der Waals surface area contributed by atoms with E-state index in [-0.39, 0.29) is 5.91 Å². The third kappa shape index (κ3) is 6.15. The predicted octanol–water partition coefficient (Wildman–Crippen LogP) is 2.35. The molecule has 26 heavy (non-hydrogen) atoms. The highest BCUT2D eigenvalue weighted by atomic mass is 35.5. The smallest absolute Gasteiger partial charge is 0.475 e. The maximum atomic E-state index is 12.0. The minimum Gasteiger partial charge on any atom is -0.475 e. The number of likely N-dealkylation sites (tertiary alicyclic amines) is 1. The molecule has 2 heterocycles. The van der Waals surface area contributed by atoms with Gasteiger partial charge in [-0.3, -0.25) is 9.69 Å². The zero-order valence-corrected chi connectivity index (χ0v) is 14.5. The minimum atomic E-state index is -5.08. The molecule has 6 nitrogen and oxygen atoms in total. The number of rotatable bonds is 3. The fourth-order valence-electron chi connectivity index (χ4n) is 2.97. The van der Waals surface area contributed by atoms with Gasteiger partial charge in [0.1, 0.15) is 0 Å². The predicted molar refractivity (Wildman–Crippen MR) is 90.2 cm³/mol. The quantitative estimate of drug-likeness (QED) is 0.734. The lowest BCUT2D eigenvalue weighted by Crippen LogP contribution is -2.52. The average molecular weight is 394 g/mol. The van der Waals surface area contributed by atoms with Crippen LogP contribution in [0.5, 0.6) is 0 Å². The molecule has 0 aromatic heterocycles. The zero-order valence-electron chi connectivity index (χ0n) is 13.7. The maximum absolute atomic E-state index is 12.0. The van der Waals surface area contributed by atoms with E-state index in [0.29, 0.717) is 29.3 Å². The fraction of sp³-hybridized carbons (Fsp3) is 0.500. The number of anilines is 1. The van der Waals surface area contributed by atoms with Crippen LogP contribution in [-0.2, 0) is 9.59 Å². The molecule has 1 aromatic carbocycles. The van der Waals surface area contributed by atoms with Crippen molar-refractivity contribution < 1.29 is 27.9 Å². The van der Waals surface area contributed by atoms with Crippen molar-refractivity contribution >= 4 is 29.2 Å². The van der Waals surface area contributed by atoms with Gasteiger partial charge >= 0.3 is 12.1 Å². The first kappa shape index (κ1) is 20.5. The third-order valence-corrected chi connectivity index (χ3v) is 4.38. The lowest BCUT2D eigenvalue weighted by Gasteiger charge is -2.32. The van der Waals surface area contributed by atoms with Crippen LogP contribution >= 0.6 is 11.6 Å². The number of carbonyl (C=O) groups is 2. The molecule has 10 heteroatoms. The number of nitrogens with one attached hydrogen (secondary N) is 2. The summed E-state index contributed by atoms with van der Waals surface area (Å²) in [7, 11) is 0. The standard InChI is InChI=1S/C14H18ClN3O.C2HF3O2/c15-12-3-1-2-4-13(12)17-14(19)9-18-7-10-5-6-11(8-18)16-10;3-2(4,5)1(6)7/h1-4,10-11,16H,5-9H2,(H,17,19);(H,6,7). The largest absolute Gasteiger partial charge is 0.490 e. The van der Waals surface area contributed by atoms with E-state index >= 15 is 0 Å². The summed E-state index contributed by atoms with van der Waals surface area (Å²) in [6.07, 6.45) is -2.62. The highest BCUT2D eigenvalue weighted by Crippen LogP contribution is 2.22. The zero-order chi connectivity index (χ0) is 19.3. The molecule has 144 valence electrons. The van der Waals surface area contributed by atoms with Crippen molar-refractivity contribution in [2.24, 2.45) is 0 Å². The Hall–Kier alpha value is -1.84. The Balaban J connectivity index is 0.000000298. The van der Waals surface area contributed by atoms with Crippen LogP contribution in [0.2, 0.25) is 5.02 Å². The Morgan fingerprint density at radius 2 is 1.77 bits per heavy atom. The Kier molecular flexibility index (Phi) is 6.85. The highest BCUT2D eigenvalue weighted by Gasteiger charge is 2.38. The van der Waals surface area contributed by atoms with Gasteiger partial charge in [-0.1, -0.05) is 23.7 Å². The Bertz CT molecular complexity index is 645. The van der Waals surface area contributed by atoms with Gasteiger partial charge in [0.15, 0.2) is 0 Å². The number of nitrogens with zero attached hydrogens (tertiary/aromatic N) is 1. The lowest BCUT2D eigenvalue weighted by molar-refractivity contribution is -0.192. The van der Waals surface area contributed by atoms with Gasteiger partial charge in [-0.05, 0) is 25.0 Å². The van der Waals surface area contributed by atoms with Gasteiger partial charge in [-0.2, -0.15) is 13.2 Å². The second-order valence-corrected chi connectivity index (χ2v) is 6.57. The Morgan fingerprint density at radius 1 is 1.23 bits per heavy atom. The SMILES string of the molecule is O=C(CN1CC2CCC(C1)N2)Nc1ccccc1Cl.O=C(O)C(F)(F)F. The molecule has 2 saturated heterocycles. The number of carboxylic acid groups (broad SMARTS) is 1. The Labute approximate surface area is 153 Å². The second kappa shape index (κ2) is 8.70. The third-order valence-electron chi connectivity index (χ3n) is 4.05. The molecule has 1 amide bonds. The van der Waals surface area contributed by atoms with Gasteiger partial charge in [-0.25, -0.2) is 4.79 Å². The van der Waals surface area contributed by atoms with Crippen LogP contribution in [0.25, 0.3) is 0 Å². The topological polar surface area (TPSA) is 81.7 Å². The number of hydrogen-bond acceptors (Lipinski definition) is 4. The first-order chi connectivity index (χ1) is 12.1. The van der Waals surface area contributed by atoms with E-state index in [4.69, 9.17) is 21.5 Å². The molecule has 2 fully saturated rings. The summed E-state index contributed by atoms with van der Waals surface area (Å²) in [5, 5.41) is 14.1. The molecule has 2 aliphatic heterocycles. The number of piperazine rings is 1. The van der Waals surface area contributed by atoms with E-state index in [9.17, 15) is 18.0 Å². The van der Waals surface area contributed by atoms with Crippen molar-refractivity contribution in [3.8, 4) is 0 Å². The molecule has 2 atom stereocenters. The summed E-state index contributed by atoms with van der Waals surface area (Å²) >= 11 is 6.03. The van der Waals surface area contributed by atoms with Crippen molar-refractivity contribution in [3.05, 3.63) is 29.3 Å². The number of carbonyl (C=O) groups excluding carboxylic acids is 1. The van der Waals surface area contributed by atoms with Gasteiger partial charge in [0.2, 0.25) is 5.91 Å². The van der Waals surface area contributed by atoms with Crippen molar-refractivity contribution in [2.45, 2.75) is 31.1 Å². The van der Waals surface area contributed by atoms with E-state index in [0.717, 1.165) is 13.1 Å². The minimum absolute atomic E-state index is 0.00870. The number of amides is 1. The molecule has 1 aromatic rings. The van der Waals surface area contributed by atoms with E-state index in [1.54, 1.807) is 6.07 Å². The number of aliphatic carboxylic acids is 1. The summed E-state index contributed by atoms with van der Waals surface area (Å²) in [5.74, 6) is -2.75. The van der Waals surface area contributed by atoms with E-state index in [1.807, 2.05) is 18.2 Å². The monoisotopic (exact) mass is 393 g/mol. The van der Waals surface area contributed by atoms with Crippen LogP contribution in [0.4, 0.5) is 18.9 Å². The van der Waals surface area contributed by atoms with Crippen LogP contribution in [0.1, 0.15) is 12.8 Å². The molecule has 2 bridgehead atoms. The Morgan fingerprint density at radius 3 is 2.27 bits per heavy atom. The number of alkyl halides is 3. The van der Waals surface area contributed by atoms with Crippen molar-refractivity contribution in [2.75, 3.05) is 25.0 Å². The molecule has 0 spiro atoms. The van der Waals surface area contributed by atoms with Gasteiger partial charge in [0, 0.05) is 25.2 Å². The first-order valence-corrected chi connectivity index (χ1v) is 8.36. The van der Waals surface area contributed by atoms with Crippen LogP contribution in [-0.4, -0.2) is 59.8 Å². The van der Waals surface area contributed by atoms with Crippen LogP contribution in [0.15, 0.2) is 24.3 Å². The summed E-state index contributed by atoms with van der Waals surface area (Å²) in [6.45, 7) is 2.37. The van der Waals surface area contributed by atoms with Gasteiger partial charge < -0.3 is 15.7 Å². The van der Waals surface area contributed by atoms with Crippen molar-refractivity contribution in [1.29, 1.82) is 0 Å². The second-order valence-electron chi connectivity index (χ2n) is 6.16. The van der Waals surface area contributed by atoms with Crippen LogP contribution in [0.3, 0.4) is 0 Å². The van der Waals surface area contributed by atoms with Crippen molar-refractivity contribution in [1.82, 2.24) is 10.2 Å². The normalized spacial score (nSPS) is 22.3. The summed E-state index contributed by atoms with van der Waals surface area (Å²) in [6, 6.07) is 8.45. The highest BCUT2D eigenvalue weighted by molar-refractivity contribution is 6.33. The maximum Gasteiger partial charge on any atom is 0.490 e. The molecule has 0 radical (unpaired) electrons. The number of halogens is 4. The number of fused-ring (bicyclic) bond motifs is 2. The van der Waals surface area contributed by atoms with Crippen LogP contribution < -0.4 is 10.6 Å². The van der Waals surface area contributed by atoms with Crippen molar-refractivity contribution in [3.63, 3.8) is 0 Å². The number of benzene rings is 1. The van der Waals surface area contributed by atoms with E-state index in [2.05, 4.69) is 15.5 Å². The summed E-state index contributed by atoms with van der Waals surface area (Å²) < 4.78 is 31.7. The molecule has 3 N–H and O–H groups in total. The van der Waals surface area contributed by atoms with Gasteiger partial charge in [0.05, 0.1) is 17.3 Å². The van der Waals surface area contributed by atoms with E-state index in [1.165, 1.54) is 12.8 Å². The number of hydrogen-bond donors (Lipinski definition) is 3.